The molecule has 5 rings (SSSR count). The number of hydrogen-bond acceptors (Lipinski definition) is 6. The fourth-order valence-corrected chi connectivity index (χ4v) is 4.76. The third-order valence-corrected chi connectivity index (χ3v) is 6.55. The lowest BCUT2D eigenvalue weighted by molar-refractivity contribution is -0.118. The number of rotatable bonds is 6. The smallest absolute Gasteiger partial charge is 0.254 e. The molecule has 2 saturated heterocycles. The first-order chi connectivity index (χ1) is 17.1. The van der Waals surface area contributed by atoms with Gasteiger partial charge in [0.05, 0.1) is 31.5 Å². The molecule has 182 valence electrons. The summed E-state index contributed by atoms with van der Waals surface area (Å²) in [6.07, 6.45) is 5.42. The predicted molar refractivity (Wildman–Crippen MR) is 131 cm³/mol. The molecule has 9 nitrogen and oxygen atoms in total. The fourth-order valence-electron chi connectivity index (χ4n) is 4.76. The van der Waals surface area contributed by atoms with E-state index in [1.807, 2.05) is 52.9 Å². The molecule has 9 heteroatoms. The molecule has 2 aliphatic heterocycles. The minimum absolute atomic E-state index is 0.0530. The highest BCUT2D eigenvalue weighted by atomic mass is 16.5. The number of carbonyl (C=O) groups excluding carboxylic acids is 2. The van der Waals surface area contributed by atoms with E-state index in [0.717, 1.165) is 43.3 Å². The van der Waals surface area contributed by atoms with Crippen LogP contribution in [-0.2, 0) is 9.53 Å². The van der Waals surface area contributed by atoms with Crippen LogP contribution in [0.4, 0.5) is 5.69 Å². The molecule has 0 spiro atoms. The van der Waals surface area contributed by atoms with Gasteiger partial charge in [-0.25, -0.2) is 9.97 Å². The van der Waals surface area contributed by atoms with Gasteiger partial charge in [0.1, 0.15) is 11.6 Å². The summed E-state index contributed by atoms with van der Waals surface area (Å²) in [5.74, 6) is 1.51. The number of carbonyl (C=O) groups is 2. The van der Waals surface area contributed by atoms with Gasteiger partial charge >= 0.3 is 0 Å². The Morgan fingerprint density at radius 2 is 1.94 bits per heavy atom. The molecule has 4 heterocycles. The van der Waals surface area contributed by atoms with Gasteiger partial charge in [0.15, 0.2) is 0 Å². The van der Waals surface area contributed by atoms with Gasteiger partial charge in [-0.05, 0) is 50.1 Å². The van der Waals surface area contributed by atoms with Gasteiger partial charge in [0.25, 0.3) is 5.91 Å². The average Bonchev–Trinajstić information content (AvgIpc) is 3.54. The number of imidazole rings is 1. The molecule has 0 aliphatic carbocycles. The van der Waals surface area contributed by atoms with Crippen molar-refractivity contribution in [2.45, 2.75) is 25.8 Å². The van der Waals surface area contributed by atoms with Crippen molar-refractivity contribution in [1.82, 2.24) is 24.3 Å². The highest BCUT2D eigenvalue weighted by molar-refractivity contribution is 5.98. The third kappa shape index (κ3) is 5.26. The Labute approximate surface area is 204 Å². The summed E-state index contributed by atoms with van der Waals surface area (Å²) in [6.45, 7) is 5.71. The number of hydrogen-bond donors (Lipinski definition) is 1. The molecule has 0 bridgehead atoms. The van der Waals surface area contributed by atoms with E-state index in [2.05, 4.69) is 15.2 Å². The summed E-state index contributed by atoms with van der Waals surface area (Å²) in [7, 11) is 0. The third-order valence-electron chi connectivity index (χ3n) is 6.55. The number of likely N-dealkylation sites (tertiary alicyclic amines) is 1. The molecule has 2 fully saturated rings. The summed E-state index contributed by atoms with van der Waals surface area (Å²) >= 11 is 0. The van der Waals surface area contributed by atoms with E-state index in [1.165, 1.54) is 0 Å². The normalized spacial score (nSPS) is 18.5. The summed E-state index contributed by atoms with van der Waals surface area (Å²) in [6, 6.07) is 13.0. The molecule has 1 unspecified atom stereocenters. The highest BCUT2D eigenvalue weighted by Crippen LogP contribution is 2.33. The number of benzene rings is 1. The molecule has 3 aromatic rings. The van der Waals surface area contributed by atoms with E-state index in [0.29, 0.717) is 37.6 Å². The molecular weight excluding hydrogens is 444 g/mol. The van der Waals surface area contributed by atoms with Gasteiger partial charge in [0, 0.05) is 43.3 Å². The van der Waals surface area contributed by atoms with Crippen molar-refractivity contribution >= 4 is 17.5 Å². The number of nitrogens with zero attached hydrogens (tertiary/aromatic N) is 5. The van der Waals surface area contributed by atoms with Crippen molar-refractivity contribution in [2.24, 2.45) is 0 Å². The molecular formula is C26H30N6O3. The number of anilines is 1. The van der Waals surface area contributed by atoms with Crippen molar-refractivity contribution in [1.29, 1.82) is 0 Å². The van der Waals surface area contributed by atoms with E-state index in [4.69, 9.17) is 9.72 Å². The molecule has 0 saturated carbocycles. The van der Waals surface area contributed by atoms with E-state index in [9.17, 15) is 9.59 Å². The maximum atomic E-state index is 13.5. The number of amides is 2. The fraction of sp³-hybridized carbons (Fsp3) is 0.385. The summed E-state index contributed by atoms with van der Waals surface area (Å²) in [4.78, 5) is 39.1. The predicted octanol–water partition coefficient (Wildman–Crippen LogP) is 2.82. The van der Waals surface area contributed by atoms with Gasteiger partial charge in [-0.15, -0.1) is 0 Å². The Balaban J connectivity index is 1.29. The van der Waals surface area contributed by atoms with E-state index < -0.39 is 0 Å². The molecule has 1 atom stereocenters. The number of aryl methyl sites for hydroxylation is 1. The Bertz CT molecular complexity index is 1200. The quantitative estimate of drug-likeness (QED) is 0.591. The monoisotopic (exact) mass is 474 g/mol. The Morgan fingerprint density at radius 3 is 2.74 bits per heavy atom. The Morgan fingerprint density at radius 1 is 1.11 bits per heavy atom. The van der Waals surface area contributed by atoms with Gasteiger partial charge in [-0.3, -0.25) is 19.1 Å². The van der Waals surface area contributed by atoms with Crippen molar-refractivity contribution in [3.8, 4) is 5.82 Å². The average molecular weight is 475 g/mol. The summed E-state index contributed by atoms with van der Waals surface area (Å²) in [5, 5.41) is 2.93. The van der Waals surface area contributed by atoms with Crippen LogP contribution in [0.2, 0.25) is 0 Å². The van der Waals surface area contributed by atoms with Gasteiger partial charge in [0.2, 0.25) is 5.91 Å². The van der Waals surface area contributed by atoms with E-state index >= 15 is 0 Å². The maximum Gasteiger partial charge on any atom is 0.254 e. The summed E-state index contributed by atoms with van der Waals surface area (Å²) < 4.78 is 7.28. The first kappa shape index (κ1) is 23.2. The molecule has 1 N–H and O–H groups in total. The van der Waals surface area contributed by atoms with E-state index in [-0.39, 0.29) is 17.9 Å². The molecule has 1 aromatic carbocycles. The summed E-state index contributed by atoms with van der Waals surface area (Å²) in [5.41, 5.74) is 2.06. The lowest BCUT2D eigenvalue weighted by Gasteiger charge is -2.26. The molecule has 2 aromatic heterocycles. The van der Waals surface area contributed by atoms with Crippen molar-refractivity contribution in [3.63, 3.8) is 0 Å². The second-order valence-corrected chi connectivity index (χ2v) is 8.94. The topological polar surface area (TPSA) is 92.6 Å². The van der Waals surface area contributed by atoms with Crippen LogP contribution in [0.5, 0.6) is 0 Å². The zero-order valence-corrected chi connectivity index (χ0v) is 19.9. The second-order valence-electron chi connectivity index (χ2n) is 8.94. The van der Waals surface area contributed by atoms with Crippen LogP contribution in [0.1, 0.15) is 40.8 Å². The first-order valence-corrected chi connectivity index (χ1v) is 12.1. The van der Waals surface area contributed by atoms with Gasteiger partial charge in [-0.2, -0.15) is 0 Å². The number of morpholine rings is 1. The standard InChI is InChI=1S/C26H30N6O3/c1-19-27-10-12-31(19)24-9-3-7-22(29-24)23-8-4-11-32(23)26(34)20-5-2-6-21(17-20)28-25(33)18-30-13-15-35-16-14-30/h2-3,5-7,9-10,12,17,23H,4,8,11,13-16,18H2,1H3,(H,28,33). The lowest BCUT2D eigenvalue weighted by Crippen LogP contribution is -2.41. The Hall–Kier alpha value is -3.56. The van der Waals surface area contributed by atoms with Gasteiger partial charge in [-0.1, -0.05) is 12.1 Å². The minimum Gasteiger partial charge on any atom is -0.379 e. The molecule has 2 amide bonds. The number of pyridine rings is 1. The zero-order valence-electron chi connectivity index (χ0n) is 19.9. The van der Waals surface area contributed by atoms with Crippen molar-refractivity contribution < 1.29 is 14.3 Å². The lowest BCUT2D eigenvalue weighted by atomic mass is 10.1. The maximum absolute atomic E-state index is 13.5. The Kier molecular flexibility index (Phi) is 6.87. The molecule has 0 radical (unpaired) electrons. The molecule has 35 heavy (non-hydrogen) atoms. The van der Waals surface area contributed by atoms with Crippen LogP contribution in [0, 0.1) is 6.92 Å². The molecule has 2 aliphatic rings. The zero-order chi connectivity index (χ0) is 24.2. The van der Waals surface area contributed by atoms with Crippen LogP contribution in [-0.4, -0.2) is 75.5 Å². The van der Waals surface area contributed by atoms with Crippen LogP contribution in [0.15, 0.2) is 54.9 Å². The highest BCUT2D eigenvalue weighted by Gasteiger charge is 2.32. The second kappa shape index (κ2) is 10.4. The van der Waals surface area contributed by atoms with Gasteiger partial charge < -0.3 is 15.0 Å². The van der Waals surface area contributed by atoms with Crippen LogP contribution in [0.25, 0.3) is 5.82 Å². The first-order valence-electron chi connectivity index (χ1n) is 12.1. The number of aromatic nitrogens is 3. The van der Waals surface area contributed by atoms with Crippen molar-refractivity contribution in [3.05, 3.63) is 71.9 Å². The van der Waals surface area contributed by atoms with E-state index in [1.54, 1.807) is 18.3 Å². The van der Waals surface area contributed by atoms with Crippen molar-refractivity contribution in [2.75, 3.05) is 44.7 Å². The minimum atomic E-state index is -0.0918. The largest absolute Gasteiger partial charge is 0.379 e. The number of nitrogens with one attached hydrogen (secondary N) is 1. The van der Waals surface area contributed by atoms with Crippen LogP contribution >= 0.6 is 0 Å². The number of ether oxygens (including phenoxy) is 1. The van der Waals surface area contributed by atoms with Crippen LogP contribution in [0.3, 0.4) is 0 Å². The SMILES string of the molecule is Cc1nccn1-c1cccc(C2CCCN2C(=O)c2cccc(NC(=O)CN3CCOCC3)c2)n1. The van der Waals surface area contributed by atoms with Crippen LogP contribution < -0.4 is 5.32 Å².